The van der Waals surface area contributed by atoms with Crippen molar-refractivity contribution in [2.24, 2.45) is 0 Å². The van der Waals surface area contributed by atoms with E-state index in [2.05, 4.69) is 10.3 Å². The number of hydrogen-bond acceptors (Lipinski definition) is 7. The lowest BCUT2D eigenvalue weighted by Crippen LogP contribution is -2.43. The van der Waals surface area contributed by atoms with Gasteiger partial charge in [-0.05, 0) is 18.2 Å². The summed E-state index contributed by atoms with van der Waals surface area (Å²) in [6.45, 7) is 0. The predicted octanol–water partition coefficient (Wildman–Crippen LogP) is 1.52. The van der Waals surface area contributed by atoms with Crippen LogP contribution >= 0.6 is 0 Å². The van der Waals surface area contributed by atoms with Gasteiger partial charge in [-0.15, -0.1) is 0 Å². The molecule has 2 heterocycles. The normalized spacial score (nSPS) is 16.2. The van der Waals surface area contributed by atoms with Gasteiger partial charge in [0.15, 0.2) is 17.7 Å². The van der Waals surface area contributed by atoms with Crippen molar-refractivity contribution < 1.29 is 24.5 Å². The highest BCUT2D eigenvalue weighted by Gasteiger charge is 2.32. The van der Waals surface area contributed by atoms with Crippen LogP contribution in [0.25, 0.3) is 5.76 Å². The van der Waals surface area contributed by atoms with Crippen molar-refractivity contribution in [3.63, 3.8) is 0 Å². The van der Waals surface area contributed by atoms with E-state index in [1.165, 1.54) is 43.6 Å². The quantitative estimate of drug-likeness (QED) is 0.762. The molecule has 1 amide bonds. The monoisotopic (exact) mass is 357 g/mol. The van der Waals surface area contributed by atoms with Crippen LogP contribution in [-0.4, -0.2) is 48.6 Å². The van der Waals surface area contributed by atoms with Crippen molar-refractivity contribution in [3.05, 3.63) is 53.5 Å². The van der Waals surface area contributed by atoms with E-state index in [-0.39, 0.29) is 11.5 Å². The fourth-order valence-electron chi connectivity index (χ4n) is 2.76. The number of anilines is 1. The lowest BCUT2D eigenvalue weighted by atomic mass is 10.0. The van der Waals surface area contributed by atoms with Gasteiger partial charge in [0.05, 0.1) is 19.9 Å². The number of ether oxygens (including phenoxy) is 2. The Balaban J connectivity index is 2.04. The van der Waals surface area contributed by atoms with Crippen LogP contribution in [0, 0.1) is 0 Å². The number of aromatic nitrogens is 1. The molecule has 1 atom stereocenters. The van der Waals surface area contributed by atoms with E-state index < -0.39 is 12.1 Å². The second kappa shape index (κ2) is 6.93. The van der Waals surface area contributed by atoms with Crippen LogP contribution < -0.4 is 19.7 Å². The zero-order chi connectivity index (χ0) is 18.8. The zero-order valence-electron chi connectivity index (χ0n) is 14.6. The highest BCUT2D eigenvalue weighted by molar-refractivity contribution is 5.96. The SMILES string of the molecule is COc1cc2c(cc1OC)N(C)C(O)C(NC(=O)c1ccncc1)=C2O. The third-order valence-electron chi connectivity index (χ3n) is 4.21. The molecule has 0 spiro atoms. The van der Waals surface area contributed by atoms with Crippen LogP contribution in [0.1, 0.15) is 15.9 Å². The van der Waals surface area contributed by atoms with Gasteiger partial charge in [-0.3, -0.25) is 9.78 Å². The zero-order valence-corrected chi connectivity index (χ0v) is 14.6. The molecule has 1 aromatic carbocycles. The molecule has 0 saturated heterocycles. The number of carbonyl (C=O) groups excluding carboxylic acids is 1. The Morgan fingerprint density at radius 3 is 2.42 bits per heavy atom. The summed E-state index contributed by atoms with van der Waals surface area (Å²) in [5.74, 6) is 0.170. The third-order valence-corrected chi connectivity index (χ3v) is 4.21. The summed E-state index contributed by atoms with van der Waals surface area (Å²) in [5, 5.41) is 23.8. The Morgan fingerprint density at radius 1 is 1.19 bits per heavy atom. The van der Waals surface area contributed by atoms with E-state index in [1.807, 2.05) is 0 Å². The van der Waals surface area contributed by atoms with Crippen LogP contribution in [0.2, 0.25) is 0 Å². The molecule has 1 aromatic heterocycles. The number of benzene rings is 1. The molecule has 0 saturated carbocycles. The molecule has 0 radical (unpaired) electrons. The summed E-state index contributed by atoms with van der Waals surface area (Å²) in [5.41, 5.74) is 1.28. The summed E-state index contributed by atoms with van der Waals surface area (Å²) in [7, 11) is 4.62. The maximum Gasteiger partial charge on any atom is 0.255 e. The fraction of sp³-hybridized carbons (Fsp3) is 0.222. The highest BCUT2D eigenvalue weighted by atomic mass is 16.5. The van der Waals surface area contributed by atoms with Crippen molar-refractivity contribution in [1.29, 1.82) is 0 Å². The summed E-state index contributed by atoms with van der Waals surface area (Å²) >= 11 is 0. The average Bonchev–Trinajstić information content (AvgIpc) is 2.68. The van der Waals surface area contributed by atoms with Gasteiger partial charge in [-0.1, -0.05) is 0 Å². The molecular formula is C18H19N3O5. The van der Waals surface area contributed by atoms with Crippen LogP contribution in [0.15, 0.2) is 42.4 Å². The van der Waals surface area contributed by atoms with Gasteiger partial charge in [0.1, 0.15) is 11.5 Å². The number of carbonyl (C=O) groups is 1. The number of amides is 1. The molecule has 0 bridgehead atoms. The standard InChI is InChI=1S/C18H19N3O5/c1-21-12-9-14(26-3)13(25-2)8-11(12)16(22)15(18(21)24)20-17(23)10-4-6-19-7-5-10/h4-9,18,22,24H,1-3H3,(H,20,23). The second-order valence-corrected chi connectivity index (χ2v) is 5.66. The first-order valence-corrected chi connectivity index (χ1v) is 7.79. The number of hydrogen-bond donors (Lipinski definition) is 3. The minimum Gasteiger partial charge on any atom is -0.505 e. The number of nitrogens with zero attached hydrogens (tertiary/aromatic N) is 2. The van der Waals surface area contributed by atoms with Gasteiger partial charge < -0.3 is 29.9 Å². The van der Waals surface area contributed by atoms with Crippen molar-refractivity contribution in [2.45, 2.75) is 6.23 Å². The number of fused-ring (bicyclic) bond motifs is 1. The Bertz CT molecular complexity index is 867. The van der Waals surface area contributed by atoms with Gasteiger partial charge in [-0.2, -0.15) is 0 Å². The minimum absolute atomic E-state index is 0.0194. The lowest BCUT2D eigenvalue weighted by Gasteiger charge is -2.34. The van der Waals surface area contributed by atoms with Gasteiger partial charge in [0.25, 0.3) is 5.91 Å². The number of methoxy groups -OCH3 is 2. The average molecular weight is 357 g/mol. The van der Waals surface area contributed by atoms with Crippen LogP contribution in [0.3, 0.4) is 0 Å². The topological polar surface area (TPSA) is 104 Å². The molecule has 1 aliphatic heterocycles. The molecule has 136 valence electrons. The number of aliphatic hydroxyl groups excluding tert-OH is 2. The van der Waals surface area contributed by atoms with Crippen molar-refractivity contribution in [3.8, 4) is 11.5 Å². The molecule has 0 fully saturated rings. The molecule has 0 aliphatic carbocycles. The Labute approximate surface area is 150 Å². The number of nitrogens with one attached hydrogen (secondary N) is 1. The molecule has 8 heteroatoms. The lowest BCUT2D eigenvalue weighted by molar-refractivity contribution is 0.0945. The van der Waals surface area contributed by atoms with Crippen molar-refractivity contribution in [2.75, 3.05) is 26.2 Å². The van der Waals surface area contributed by atoms with E-state index >= 15 is 0 Å². The van der Waals surface area contributed by atoms with Crippen LogP contribution in [-0.2, 0) is 0 Å². The summed E-state index contributed by atoms with van der Waals surface area (Å²) < 4.78 is 10.5. The molecule has 1 unspecified atom stereocenters. The molecular weight excluding hydrogens is 338 g/mol. The molecule has 2 aromatic rings. The summed E-state index contributed by atoms with van der Waals surface area (Å²) in [6.07, 6.45) is 1.73. The van der Waals surface area contributed by atoms with Gasteiger partial charge in [0, 0.05) is 36.6 Å². The van der Waals surface area contributed by atoms with E-state index in [4.69, 9.17) is 9.47 Å². The van der Waals surface area contributed by atoms with Crippen molar-refractivity contribution in [1.82, 2.24) is 10.3 Å². The smallest absolute Gasteiger partial charge is 0.255 e. The molecule has 8 nitrogen and oxygen atoms in total. The summed E-state index contributed by atoms with van der Waals surface area (Å²) in [6, 6.07) is 6.31. The van der Waals surface area contributed by atoms with E-state index in [9.17, 15) is 15.0 Å². The minimum atomic E-state index is -1.24. The van der Waals surface area contributed by atoms with Gasteiger partial charge >= 0.3 is 0 Å². The molecule has 1 aliphatic rings. The fourth-order valence-corrected chi connectivity index (χ4v) is 2.76. The Hall–Kier alpha value is -3.26. The maximum absolute atomic E-state index is 12.4. The van der Waals surface area contributed by atoms with E-state index in [1.54, 1.807) is 19.2 Å². The highest BCUT2D eigenvalue weighted by Crippen LogP contribution is 2.41. The number of rotatable bonds is 4. The molecule has 26 heavy (non-hydrogen) atoms. The Morgan fingerprint density at radius 2 is 1.81 bits per heavy atom. The van der Waals surface area contributed by atoms with E-state index in [0.29, 0.717) is 28.3 Å². The van der Waals surface area contributed by atoms with Crippen molar-refractivity contribution >= 4 is 17.4 Å². The Kier molecular flexibility index (Phi) is 4.68. The first-order chi connectivity index (χ1) is 12.5. The maximum atomic E-state index is 12.4. The first-order valence-electron chi connectivity index (χ1n) is 7.79. The molecule has 3 rings (SSSR count). The van der Waals surface area contributed by atoms with Gasteiger partial charge in [-0.25, -0.2) is 0 Å². The number of likely N-dealkylation sites (N-methyl/N-ethyl adjacent to an activating group) is 1. The van der Waals surface area contributed by atoms with E-state index in [0.717, 1.165) is 0 Å². The second-order valence-electron chi connectivity index (χ2n) is 5.66. The third kappa shape index (κ3) is 2.91. The predicted molar refractivity (Wildman–Crippen MR) is 95.2 cm³/mol. The largest absolute Gasteiger partial charge is 0.505 e. The van der Waals surface area contributed by atoms with Crippen LogP contribution in [0.4, 0.5) is 5.69 Å². The summed E-state index contributed by atoms with van der Waals surface area (Å²) in [4.78, 5) is 17.8. The number of pyridine rings is 1. The number of aliphatic hydroxyl groups is 2. The molecule has 3 N–H and O–H groups in total. The van der Waals surface area contributed by atoms with Gasteiger partial charge in [0.2, 0.25) is 0 Å². The first kappa shape index (κ1) is 17.6. The van der Waals surface area contributed by atoms with Crippen LogP contribution in [0.5, 0.6) is 11.5 Å².